The molecule has 2 saturated heterocycles. The molecule has 4 aromatic heterocycles. The monoisotopic (exact) mass is 1050 g/mol. The van der Waals surface area contributed by atoms with Gasteiger partial charge in [-0.2, -0.15) is 0 Å². The number of amides is 8. The van der Waals surface area contributed by atoms with Crippen molar-refractivity contribution in [3.05, 3.63) is 141 Å². The normalized spacial score (nSPS) is 18.0. The second-order valence-corrected chi connectivity index (χ2v) is 19.3. The molecule has 6 aromatic rings. The molecule has 2 aliphatic rings. The lowest BCUT2D eigenvalue weighted by atomic mass is 9.81. The van der Waals surface area contributed by atoms with Gasteiger partial charge in [-0.05, 0) is 109 Å². The molecule has 20 nitrogen and oxygen atoms in total. The molecule has 0 radical (unpaired) electrons. The summed E-state index contributed by atoms with van der Waals surface area (Å²) >= 11 is 12.9. The zero-order valence-electron chi connectivity index (χ0n) is 41.4. The van der Waals surface area contributed by atoms with E-state index in [1.165, 1.54) is 60.8 Å². The van der Waals surface area contributed by atoms with Crippen LogP contribution >= 0.6 is 23.2 Å². The Bertz CT molecular complexity index is 3170. The smallest absolute Gasteiger partial charge is 0.325 e. The molecule has 2 aromatic carbocycles. The van der Waals surface area contributed by atoms with Crippen LogP contribution in [0.3, 0.4) is 0 Å². The largest absolute Gasteiger partial charge is 0.384 e. The number of likely N-dealkylation sites (tertiary alicyclic amines) is 2. The molecule has 6 heterocycles. The quantitative estimate of drug-likeness (QED) is 0.0831. The number of hydrogen-bond donors (Lipinski definition) is 4. The fraction of sp³-hybridized carbons (Fsp3) is 0.333. The number of hydrogen-bond acceptors (Lipinski definition) is 12. The first kappa shape index (κ1) is 52.4. The number of nitrogens with zero attached hydrogens (tertiary/aromatic N) is 10. The lowest BCUT2D eigenvalue weighted by molar-refractivity contribution is -0.156. The number of imide groups is 2. The number of carbonyl (C=O) groups excluding carboxylic acids is 6. The van der Waals surface area contributed by atoms with Gasteiger partial charge in [-0.25, -0.2) is 33.9 Å². The van der Waals surface area contributed by atoms with E-state index in [0.29, 0.717) is 39.4 Å². The van der Waals surface area contributed by atoms with E-state index >= 15 is 0 Å². The maximum absolute atomic E-state index is 14.7. The van der Waals surface area contributed by atoms with Crippen molar-refractivity contribution in [2.45, 2.75) is 70.1 Å². The van der Waals surface area contributed by atoms with Gasteiger partial charge in [0.2, 0.25) is 23.7 Å². The molecule has 74 heavy (non-hydrogen) atoms. The van der Waals surface area contributed by atoms with Crippen LogP contribution in [0.1, 0.15) is 65.4 Å². The number of anilines is 4. The van der Waals surface area contributed by atoms with Gasteiger partial charge in [-0.1, -0.05) is 48.3 Å². The van der Waals surface area contributed by atoms with Crippen LogP contribution in [0.4, 0.5) is 37.5 Å². The second-order valence-electron chi connectivity index (χ2n) is 18.5. The molecule has 0 spiro atoms. The molecule has 8 rings (SSSR count). The van der Waals surface area contributed by atoms with Crippen molar-refractivity contribution >= 4 is 82.4 Å². The highest BCUT2D eigenvalue weighted by atomic mass is 35.5. The highest BCUT2D eigenvalue weighted by Crippen LogP contribution is 2.37. The summed E-state index contributed by atoms with van der Waals surface area (Å²) in [6.45, 7) is 3.76. The van der Waals surface area contributed by atoms with Gasteiger partial charge in [-0.3, -0.25) is 38.8 Å². The second kappa shape index (κ2) is 21.7. The molecular formula is C51H55Cl2FN14O6. The Morgan fingerprint density at radius 2 is 1.30 bits per heavy atom. The van der Waals surface area contributed by atoms with Crippen molar-refractivity contribution in [1.29, 1.82) is 0 Å². The van der Waals surface area contributed by atoms with Crippen molar-refractivity contribution < 1.29 is 33.2 Å². The lowest BCUT2D eigenvalue weighted by Crippen LogP contribution is -2.70. The summed E-state index contributed by atoms with van der Waals surface area (Å²) in [6.07, 6.45) is 8.63. The maximum atomic E-state index is 14.7. The number of nitrogens with one attached hydrogen (secondary N) is 2. The summed E-state index contributed by atoms with van der Waals surface area (Å²) in [7, 11) is 6.38. The number of rotatable bonds is 16. The average Bonchev–Trinajstić information content (AvgIpc) is 3.97. The molecular weight excluding hydrogens is 995 g/mol. The highest BCUT2D eigenvalue weighted by Gasteiger charge is 2.57. The van der Waals surface area contributed by atoms with Gasteiger partial charge in [0, 0.05) is 63.7 Å². The first-order valence-electron chi connectivity index (χ1n) is 23.7. The molecule has 0 saturated carbocycles. The number of benzene rings is 2. The minimum Gasteiger partial charge on any atom is -0.384 e. The number of urea groups is 2. The number of imidazole rings is 2. The van der Waals surface area contributed by atoms with E-state index in [9.17, 15) is 33.2 Å². The van der Waals surface area contributed by atoms with E-state index in [-0.39, 0.29) is 54.2 Å². The van der Waals surface area contributed by atoms with Gasteiger partial charge in [0.15, 0.2) is 0 Å². The molecule has 2 fully saturated rings. The maximum Gasteiger partial charge on any atom is 0.325 e. The van der Waals surface area contributed by atoms with Gasteiger partial charge < -0.3 is 31.2 Å². The first-order valence-corrected chi connectivity index (χ1v) is 24.4. The molecule has 0 unspecified atom stereocenters. The van der Waals surface area contributed by atoms with Crippen LogP contribution in [0, 0.1) is 24.6 Å². The van der Waals surface area contributed by atoms with Crippen LogP contribution in [0.25, 0.3) is 0 Å². The molecule has 6 N–H and O–H groups in total. The van der Waals surface area contributed by atoms with Crippen LogP contribution in [0.2, 0.25) is 10.0 Å². The summed E-state index contributed by atoms with van der Waals surface area (Å²) in [4.78, 5) is 107. The van der Waals surface area contributed by atoms with E-state index < -0.39 is 77.5 Å². The molecule has 0 aliphatic carbocycles. The van der Waals surface area contributed by atoms with Gasteiger partial charge in [-0.15, -0.1) is 0 Å². The van der Waals surface area contributed by atoms with Gasteiger partial charge in [0.05, 0.1) is 35.1 Å². The number of β-lactam (4-membered cyclic amide) rings is 2. The minimum absolute atomic E-state index is 0.0857. The van der Waals surface area contributed by atoms with Gasteiger partial charge in [0.25, 0.3) is 11.8 Å². The van der Waals surface area contributed by atoms with Crippen molar-refractivity contribution in [1.82, 2.24) is 49.5 Å². The standard InChI is InChI=1S/C51H55Cl2FN14O6/c1-7-38(32-11-8-27(2)20-35(32)52)61-50(73)67-43(34(44(67)69)22-29-15-17-58-41(56)24-29)47(72)66(6)49-60-26-31(64(49)4)10-13-39(30-9-12-37(54)36(53)25-30)62-51(74)68-42(46(71)65(5)48-59-18-19-63(48)3)33(45(68)70)21-28-14-16-57-40(55)23-28/h8-9,11-12,14-20,23-26,33-34,38-39,42-43H,7,10,13,21-22H2,1-6H3,(H2,55,57)(H2,56,58)(H,61,73)(H,62,74)/t33-,34-,38-,39-,42+,43+/m1/s1. The van der Waals surface area contributed by atoms with E-state index in [1.807, 2.05) is 26.0 Å². The molecule has 6 atom stereocenters. The van der Waals surface area contributed by atoms with Gasteiger partial charge >= 0.3 is 12.1 Å². The zero-order chi connectivity index (χ0) is 53.3. The first-order chi connectivity index (χ1) is 35.3. The third-order valence-corrected chi connectivity index (χ3v) is 14.3. The predicted octanol–water partition coefficient (Wildman–Crippen LogP) is 5.87. The van der Waals surface area contributed by atoms with Crippen molar-refractivity contribution in [2.24, 2.45) is 25.9 Å². The Morgan fingerprint density at radius 3 is 1.81 bits per heavy atom. The molecule has 386 valence electrons. The molecule has 23 heteroatoms. The van der Waals surface area contributed by atoms with Crippen LogP contribution in [0.5, 0.6) is 0 Å². The molecule has 2 aliphatic heterocycles. The number of nitrogens with two attached hydrogens (primary N) is 2. The molecule has 0 bridgehead atoms. The van der Waals surface area contributed by atoms with Crippen LogP contribution in [-0.4, -0.2) is 101 Å². The summed E-state index contributed by atoms with van der Waals surface area (Å²) in [5.74, 6) is -4.01. The predicted molar refractivity (Wildman–Crippen MR) is 275 cm³/mol. The highest BCUT2D eigenvalue weighted by molar-refractivity contribution is 6.31. The van der Waals surface area contributed by atoms with E-state index in [4.69, 9.17) is 34.7 Å². The number of carbonyl (C=O) groups is 6. The SMILES string of the molecule is CC[C@@H](NC(=O)N1C(=O)[C@H](Cc2ccnc(N)c2)[C@H]1C(=O)N(C)c1ncc(CC[C@@H](NC(=O)N2C(=O)[C@H](Cc3ccnc(N)c3)[C@H]2C(=O)N(C)c2nccn2C)c2ccc(F)c(Cl)c2)n1C)c1ccc(C)cc1Cl. The number of likely N-dealkylation sites (N-methyl/N-ethyl adjacent to an activating group) is 2. The Balaban J connectivity index is 1.03. The molecule has 8 amide bonds. The fourth-order valence-corrected chi connectivity index (χ4v) is 10.2. The van der Waals surface area contributed by atoms with Crippen LogP contribution < -0.4 is 31.9 Å². The fourth-order valence-electron chi connectivity index (χ4n) is 9.61. The summed E-state index contributed by atoms with van der Waals surface area (Å²) in [5, 5.41) is 6.05. The number of aryl methyl sites for hydroxylation is 3. The Hall–Kier alpha value is -7.91. The summed E-state index contributed by atoms with van der Waals surface area (Å²) in [5.41, 5.74) is 15.7. The summed E-state index contributed by atoms with van der Waals surface area (Å²) < 4.78 is 17.9. The number of aromatic nitrogens is 6. The number of nitrogen functional groups attached to an aromatic ring is 2. The Labute approximate surface area is 435 Å². The lowest BCUT2D eigenvalue weighted by Gasteiger charge is -2.46. The Kier molecular flexibility index (Phi) is 15.3. The van der Waals surface area contributed by atoms with E-state index in [2.05, 4.69) is 30.6 Å². The van der Waals surface area contributed by atoms with Crippen molar-refractivity contribution in [2.75, 3.05) is 35.4 Å². The zero-order valence-corrected chi connectivity index (χ0v) is 42.9. The number of halogens is 3. The van der Waals surface area contributed by atoms with Crippen molar-refractivity contribution in [3.63, 3.8) is 0 Å². The van der Waals surface area contributed by atoms with Crippen LogP contribution in [-0.2, 0) is 52.5 Å². The third kappa shape index (κ3) is 10.5. The third-order valence-electron chi connectivity index (χ3n) is 13.7. The Morgan fingerprint density at radius 1 is 0.730 bits per heavy atom. The topological polar surface area (TPSA) is 253 Å². The van der Waals surface area contributed by atoms with E-state index in [0.717, 1.165) is 21.4 Å². The average molecular weight is 1050 g/mol. The van der Waals surface area contributed by atoms with Crippen LogP contribution in [0.15, 0.2) is 91.6 Å². The van der Waals surface area contributed by atoms with E-state index in [1.54, 1.807) is 59.8 Å². The minimum atomic E-state index is -1.25. The van der Waals surface area contributed by atoms with Crippen molar-refractivity contribution in [3.8, 4) is 0 Å². The van der Waals surface area contributed by atoms with Gasteiger partial charge in [0.1, 0.15) is 29.5 Å². The summed E-state index contributed by atoms with van der Waals surface area (Å²) in [6, 6.07) is 10.4. The number of pyridine rings is 2.